The molecular weight excluding hydrogens is 282 g/mol. The molecule has 1 aromatic carbocycles. The van der Waals surface area contributed by atoms with Gasteiger partial charge in [-0.2, -0.15) is 0 Å². The molecule has 2 N–H and O–H groups in total. The highest BCUT2D eigenvalue weighted by molar-refractivity contribution is 7.99. The van der Waals surface area contributed by atoms with Crippen LogP contribution in [0.25, 0.3) is 0 Å². The van der Waals surface area contributed by atoms with Gasteiger partial charge in [0.2, 0.25) is 0 Å². The minimum Gasteiger partial charge on any atom is -0.325 e. The van der Waals surface area contributed by atoms with E-state index in [1.807, 2.05) is 0 Å². The van der Waals surface area contributed by atoms with Crippen molar-refractivity contribution in [1.29, 1.82) is 0 Å². The average Bonchev–Trinajstić information content (AvgIpc) is 2.39. The fraction of sp³-hybridized carbons (Fsp3) is 0.167. The maximum atomic E-state index is 11.4. The van der Waals surface area contributed by atoms with Crippen LogP contribution in [-0.4, -0.2) is 24.6 Å². The molecule has 2 aromatic rings. The van der Waals surface area contributed by atoms with Crippen LogP contribution in [0.15, 0.2) is 51.5 Å². The molecule has 1 heterocycles. The molecule has 1 aromatic heterocycles. The smallest absolute Gasteiger partial charge is 0.175 e. The summed E-state index contributed by atoms with van der Waals surface area (Å²) in [5.74, 6) is 0. The maximum Gasteiger partial charge on any atom is 0.175 e. The first-order valence-electron chi connectivity index (χ1n) is 5.48. The third-order valence-corrected chi connectivity index (χ3v) is 4.57. The summed E-state index contributed by atoms with van der Waals surface area (Å²) in [4.78, 5) is 9.56. The number of rotatable bonds is 4. The molecule has 0 aliphatic rings. The average molecular weight is 295 g/mol. The Hall–Kier alpha value is -1.44. The topological polar surface area (TPSA) is 85.9 Å². The summed E-state index contributed by atoms with van der Waals surface area (Å²) in [6, 6.07) is 6.65. The fourth-order valence-corrected chi connectivity index (χ4v) is 2.94. The van der Waals surface area contributed by atoms with Crippen LogP contribution in [0.1, 0.15) is 5.69 Å². The number of aromatic nitrogens is 2. The van der Waals surface area contributed by atoms with Crippen LogP contribution in [0.5, 0.6) is 0 Å². The molecule has 2 rings (SSSR count). The molecule has 19 heavy (non-hydrogen) atoms. The molecule has 0 aliphatic carbocycles. The quantitative estimate of drug-likeness (QED) is 0.919. The van der Waals surface area contributed by atoms with Gasteiger partial charge in [0.25, 0.3) is 0 Å². The number of nitrogens with two attached hydrogens (primary N) is 1. The van der Waals surface area contributed by atoms with Crippen molar-refractivity contribution in [3.05, 3.63) is 42.4 Å². The van der Waals surface area contributed by atoms with Gasteiger partial charge >= 0.3 is 0 Å². The third-order valence-electron chi connectivity index (χ3n) is 2.40. The largest absolute Gasteiger partial charge is 0.325 e. The summed E-state index contributed by atoms with van der Waals surface area (Å²) in [6.07, 6.45) is 4.38. The van der Waals surface area contributed by atoms with Gasteiger partial charge in [-0.15, -0.1) is 0 Å². The molecule has 0 saturated carbocycles. The van der Waals surface area contributed by atoms with Crippen molar-refractivity contribution in [3.63, 3.8) is 0 Å². The van der Waals surface area contributed by atoms with Crippen LogP contribution in [0.2, 0.25) is 0 Å². The van der Waals surface area contributed by atoms with Crippen molar-refractivity contribution >= 4 is 21.6 Å². The molecule has 0 saturated heterocycles. The molecule has 100 valence electrons. The highest BCUT2D eigenvalue weighted by atomic mass is 32.2. The highest BCUT2D eigenvalue weighted by Gasteiger charge is 2.08. The monoisotopic (exact) mass is 295 g/mol. The maximum absolute atomic E-state index is 11.4. The van der Waals surface area contributed by atoms with Gasteiger partial charge in [-0.25, -0.2) is 13.4 Å². The second-order valence-electron chi connectivity index (χ2n) is 3.86. The standard InChI is InChI=1S/C12H13N3O2S2/c1-19(16,17)10-4-2-9(3-5-10)18-12-11(8-13)14-6-7-15-12/h2-7H,8,13H2,1H3. The van der Waals surface area contributed by atoms with E-state index in [1.165, 1.54) is 18.0 Å². The zero-order valence-corrected chi connectivity index (χ0v) is 11.9. The van der Waals surface area contributed by atoms with Gasteiger partial charge in [0.15, 0.2) is 9.84 Å². The number of hydrogen-bond donors (Lipinski definition) is 1. The van der Waals surface area contributed by atoms with Crippen LogP contribution >= 0.6 is 11.8 Å². The lowest BCUT2D eigenvalue weighted by molar-refractivity contribution is 0.602. The molecule has 0 spiro atoms. The Morgan fingerprint density at radius 3 is 2.37 bits per heavy atom. The summed E-state index contributed by atoms with van der Waals surface area (Å²) in [5.41, 5.74) is 6.31. The lowest BCUT2D eigenvalue weighted by atomic mass is 10.4. The molecule has 0 amide bonds. The summed E-state index contributed by atoms with van der Waals surface area (Å²) in [6.45, 7) is 0.317. The first-order chi connectivity index (χ1) is 9.00. The normalized spacial score (nSPS) is 11.5. The van der Waals surface area contributed by atoms with Gasteiger partial charge in [0, 0.05) is 30.1 Å². The van der Waals surface area contributed by atoms with Crippen molar-refractivity contribution in [3.8, 4) is 0 Å². The van der Waals surface area contributed by atoms with Crippen molar-refractivity contribution in [2.75, 3.05) is 6.26 Å². The Morgan fingerprint density at radius 1 is 1.16 bits per heavy atom. The van der Waals surface area contributed by atoms with Gasteiger partial charge in [-0.1, -0.05) is 11.8 Å². The first-order valence-corrected chi connectivity index (χ1v) is 8.19. The van der Waals surface area contributed by atoms with Gasteiger partial charge in [0.05, 0.1) is 10.6 Å². The minimum atomic E-state index is -3.16. The molecule has 0 fully saturated rings. The van der Waals surface area contributed by atoms with Crippen LogP contribution in [-0.2, 0) is 16.4 Å². The van der Waals surface area contributed by atoms with Gasteiger partial charge in [-0.05, 0) is 24.3 Å². The van der Waals surface area contributed by atoms with E-state index in [4.69, 9.17) is 5.73 Å². The van der Waals surface area contributed by atoms with E-state index >= 15 is 0 Å². The lowest BCUT2D eigenvalue weighted by Gasteiger charge is -2.05. The molecule has 0 aliphatic heterocycles. The van der Waals surface area contributed by atoms with E-state index in [9.17, 15) is 8.42 Å². The Bertz CT molecular complexity index is 670. The van der Waals surface area contributed by atoms with Crippen molar-refractivity contribution in [2.45, 2.75) is 21.4 Å². The van der Waals surface area contributed by atoms with Crippen LogP contribution in [0.4, 0.5) is 0 Å². The number of benzene rings is 1. The predicted octanol–water partition coefficient (Wildman–Crippen LogP) is 1.49. The minimum absolute atomic E-state index is 0.301. The molecule has 0 atom stereocenters. The van der Waals surface area contributed by atoms with Gasteiger partial charge < -0.3 is 5.73 Å². The van der Waals surface area contributed by atoms with E-state index in [0.717, 1.165) is 15.6 Å². The summed E-state index contributed by atoms with van der Waals surface area (Å²) >= 11 is 1.41. The van der Waals surface area contributed by atoms with E-state index in [-0.39, 0.29) is 0 Å². The summed E-state index contributed by atoms with van der Waals surface area (Å²) in [5, 5.41) is 0.733. The summed E-state index contributed by atoms with van der Waals surface area (Å²) < 4.78 is 22.7. The molecular formula is C12H13N3O2S2. The molecule has 5 nitrogen and oxygen atoms in total. The second-order valence-corrected chi connectivity index (χ2v) is 6.94. The number of nitrogens with zero attached hydrogens (tertiary/aromatic N) is 2. The third kappa shape index (κ3) is 3.52. The Balaban J connectivity index is 2.25. The number of sulfone groups is 1. The van der Waals surface area contributed by atoms with Crippen molar-refractivity contribution in [1.82, 2.24) is 9.97 Å². The van der Waals surface area contributed by atoms with Crippen molar-refractivity contribution < 1.29 is 8.42 Å². The Morgan fingerprint density at radius 2 is 1.79 bits per heavy atom. The van der Waals surface area contributed by atoms with Crippen molar-refractivity contribution in [2.24, 2.45) is 5.73 Å². The Kier molecular flexibility index (Phi) is 4.18. The molecule has 0 unspecified atom stereocenters. The first kappa shape index (κ1) is 14.0. The fourth-order valence-electron chi connectivity index (χ4n) is 1.45. The van der Waals surface area contributed by atoms with Crippen LogP contribution in [0.3, 0.4) is 0 Å². The van der Waals surface area contributed by atoms with Crippen LogP contribution in [0, 0.1) is 0 Å². The van der Waals surface area contributed by atoms with Crippen LogP contribution < -0.4 is 5.73 Å². The molecule has 0 radical (unpaired) electrons. The van der Waals surface area contributed by atoms with Gasteiger partial charge in [-0.3, -0.25) is 4.98 Å². The van der Waals surface area contributed by atoms with E-state index < -0.39 is 9.84 Å². The van der Waals surface area contributed by atoms with Gasteiger partial charge in [0.1, 0.15) is 5.03 Å². The second kappa shape index (κ2) is 5.68. The zero-order valence-electron chi connectivity index (χ0n) is 10.3. The summed E-state index contributed by atoms with van der Waals surface area (Å²) in [7, 11) is -3.16. The van der Waals surface area contributed by atoms with E-state index in [1.54, 1.807) is 36.7 Å². The molecule has 0 bridgehead atoms. The number of hydrogen-bond acceptors (Lipinski definition) is 6. The highest BCUT2D eigenvalue weighted by Crippen LogP contribution is 2.28. The Labute approximate surface area is 116 Å². The van der Waals surface area contributed by atoms with E-state index in [0.29, 0.717) is 11.4 Å². The van der Waals surface area contributed by atoms with E-state index in [2.05, 4.69) is 9.97 Å². The SMILES string of the molecule is CS(=O)(=O)c1ccc(Sc2nccnc2CN)cc1. The lowest BCUT2D eigenvalue weighted by Crippen LogP contribution is -2.02. The predicted molar refractivity (Wildman–Crippen MR) is 73.6 cm³/mol. The zero-order chi connectivity index (χ0) is 13.9. The molecule has 7 heteroatoms.